The molecule has 0 heterocycles. The number of nitrogens with one attached hydrogen (secondary N) is 1. The number of esters is 1. The van der Waals surface area contributed by atoms with E-state index in [0.29, 0.717) is 0 Å². The summed E-state index contributed by atoms with van der Waals surface area (Å²) in [5.74, 6) is -1.60. The molecule has 0 spiro atoms. The molecule has 9 heteroatoms. The quantitative estimate of drug-likeness (QED) is 0.555. The molecule has 8 nitrogen and oxygen atoms in total. The SMILES string of the molecule is CCOC(=O)C(CCS(=O)(=O)[O-])NC(=O)OC(C)(C)C. The summed E-state index contributed by atoms with van der Waals surface area (Å²) >= 11 is 0. The Labute approximate surface area is 118 Å². The Morgan fingerprint density at radius 2 is 1.85 bits per heavy atom. The molecule has 1 unspecified atom stereocenters. The van der Waals surface area contributed by atoms with Crippen molar-refractivity contribution in [3.63, 3.8) is 0 Å². The fourth-order valence-corrected chi connectivity index (χ4v) is 1.73. The Hall–Kier alpha value is -1.35. The standard InChI is InChI=1S/C11H21NO7S/c1-5-18-9(13)8(6-7-20(15,16)17)12-10(14)19-11(2,3)4/h8H,5-7H2,1-4H3,(H,12,14)(H,15,16,17)/p-1. The van der Waals surface area contributed by atoms with E-state index in [9.17, 15) is 22.6 Å². The van der Waals surface area contributed by atoms with Gasteiger partial charge in [-0.2, -0.15) is 0 Å². The highest BCUT2D eigenvalue weighted by molar-refractivity contribution is 7.85. The third-order valence-electron chi connectivity index (χ3n) is 1.92. The van der Waals surface area contributed by atoms with E-state index in [1.165, 1.54) is 0 Å². The van der Waals surface area contributed by atoms with Crippen molar-refractivity contribution in [2.75, 3.05) is 12.4 Å². The van der Waals surface area contributed by atoms with Crippen LogP contribution < -0.4 is 5.32 Å². The van der Waals surface area contributed by atoms with Crippen molar-refractivity contribution in [3.05, 3.63) is 0 Å². The normalized spacial score (nSPS) is 13.4. The second-order valence-electron chi connectivity index (χ2n) is 5.00. The van der Waals surface area contributed by atoms with Gasteiger partial charge in [0, 0.05) is 5.75 Å². The maximum absolute atomic E-state index is 11.6. The number of hydrogen-bond acceptors (Lipinski definition) is 7. The van der Waals surface area contributed by atoms with Crippen molar-refractivity contribution >= 4 is 22.2 Å². The molecule has 0 saturated carbocycles. The first-order chi connectivity index (χ1) is 8.94. The molecule has 118 valence electrons. The van der Waals surface area contributed by atoms with Gasteiger partial charge in [0.15, 0.2) is 0 Å². The Bertz CT molecular complexity index is 438. The van der Waals surface area contributed by atoms with E-state index in [0.717, 1.165) is 0 Å². The van der Waals surface area contributed by atoms with E-state index in [-0.39, 0.29) is 13.0 Å². The summed E-state index contributed by atoms with van der Waals surface area (Å²) in [7, 11) is -4.49. The van der Waals surface area contributed by atoms with Crippen molar-refractivity contribution in [1.29, 1.82) is 0 Å². The molecule has 0 aromatic heterocycles. The van der Waals surface area contributed by atoms with Gasteiger partial charge in [-0.25, -0.2) is 18.0 Å². The van der Waals surface area contributed by atoms with Crippen LogP contribution in [0.2, 0.25) is 0 Å². The summed E-state index contributed by atoms with van der Waals surface area (Å²) < 4.78 is 41.4. The second-order valence-corrected chi connectivity index (χ2v) is 6.52. The first-order valence-corrected chi connectivity index (χ1v) is 7.62. The molecular formula is C11H20NO7S-. The molecule has 0 radical (unpaired) electrons. The fraction of sp³-hybridized carbons (Fsp3) is 0.818. The van der Waals surface area contributed by atoms with Crippen LogP contribution in [0.1, 0.15) is 34.1 Å². The average molecular weight is 310 g/mol. The van der Waals surface area contributed by atoms with Gasteiger partial charge in [0.25, 0.3) is 0 Å². The largest absolute Gasteiger partial charge is 0.748 e. The van der Waals surface area contributed by atoms with Gasteiger partial charge >= 0.3 is 12.1 Å². The van der Waals surface area contributed by atoms with Gasteiger partial charge in [0.05, 0.1) is 16.7 Å². The summed E-state index contributed by atoms with van der Waals surface area (Å²) in [6.07, 6.45) is -1.26. The smallest absolute Gasteiger partial charge is 0.408 e. The number of amides is 1. The average Bonchev–Trinajstić information content (AvgIpc) is 2.20. The molecule has 1 N–H and O–H groups in total. The lowest BCUT2D eigenvalue weighted by molar-refractivity contribution is -0.145. The number of ether oxygens (including phenoxy) is 2. The first-order valence-electron chi connectivity index (χ1n) is 6.04. The van der Waals surface area contributed by atoms with Crippen LogP contribution in [-0.2, 0) is 24.4 Å². The lowest BCUT2D eigenvalue weighted by Crippen LogP contribution is -2.45. The van der Waals surface area contributed by atoms with Crippen LogP contribution in [0.25, 0.3) is 0 Å². The van der Waals surface area contributed by atoms with Gasteiger partial charge in [-0.15, -0.1) is 0 Å². The predicted octanol–water partition coefficient (Wildman–Crippen LogP) is 0.378. The number of rotatable bonds is 6. The molecule has 0 bridgehead atoms. The highest BCUT2D eigenvalue weighted by Crippen LogP contribution is 2.08. The Balaban J connectivity index is 4.69. The molecule has 1 amide bonds. The Morgan fingerprint density at radius 1 is 1.30 bits per heavy atom. The van der Waals surface area contributed by atoms with Crippen LogP contribution >= 0.6 is 0 Å². The molecule has 0 aliphatic rings. The summed E-state index contributed by atoms with van der Waals surface area (Å²) in [5.41, 5.74) is -0.770. The molecule has 0 aromatic rings. The predicted molar refractivity (Wildman–Crippen MR) is 69.0 cm³/mol. The van der Waals surface area contributed by atoms with Crippen LogP contribution in [0, 0.1) is 0 Å². The van der Waals surface area contributed by atoms with Gasteiger partial charge in [0.2, 0.25) is 0 Å². The lowest BCUT2D eigenvalue weighted by Gasteiger charge is -2.23. The Morgan fingerprint density at radius 3 is 2.25 bits per heavy atom. The van der Waals surface area contributed by atoms with E-state index in [4.69, 9.17) is 9.47 Å². The fourth-order valence-electron chi connectivity index (χ4n) is 1.20. The van der Waals surface area contributed by atoms with Crippen molar-refractivity contribution in [3.8, 4) is 0 Å². The van der Waals surface area contributed by atoms with Gasteiger partial charge in [0.1, 0.15) is 11.6 Å². The van der Waals surface area contributed by atoms with E-state index < -0.39 is 39.6 Å². The zero-order valence-corrected chi connectivity index (χ0v) is 12.8. The van der Waals surface area contributed by atoms with Gasteiger partial charge < -0.3 is 19.3 Å². The molecule has 20 heavy (non-hydrogen) atoms. The molecular weight excluding hydrogens is 290 g/mol. The van der Waals surface area contributed by atoms with Crippen molar-refractivity contribution in [1.82, 2.24) is 5.32 Å². The van der Waals surface area contributed by atoms with Crippen LogP contribution in [-0.4, -0.2) is 49.0 Å². The van der Waals surface area contributed by atoms with E-state index in [1.807, 2.05) is 0 Å². The van der Waals surface area contributed by atoms with Gasteiger partial charge in [-0.1, -0.05) is 0 Å². The molecule has 0 aliphatic carbocycles. The van der Waals surface area contributed by atoms with Crippen molar-refractivity contribution in [2.45, 2.75) is 45.8 Å². The zero-order chi connectivity index (χ0) is 16.0. The second kappa shape index (κ2) is 7.44. The van der Waals surface area contributed by atoms with E-state index in [2.05, 4.69) is 5.32 Å². The van der Waals surface area contributed by atoms with Crippen LogP contribution in [0.15, 0.2) is 0 Å². The minimum absolute atomic E-state index is 0.0649. The van der Waals surface area contributed by atoms with Crippen LogP contribution in [0.4, 0.5) is 4.79 Å². The maximum Gasteiger partial charge on any atom is 0.408 e. The van der Waals surface area contributed by atoms with Gasteiger partial charge in [-0.05, 0) is 34.1 Å². The molecule has 0 fully saturated rings. The molecule has 0 aromatic carbocycles. The third kappa shape index (κ3) is 9.56. The minimum atomic E-state index is -4.49. The topological polar surface area (TPSA) is 122 Å². The molecule has 0 rings (SSSR count). The van der Waals surface area contributed by atoms with Crippen LogP contribution in [0.3, 0.4) is 0 Å². The maximum atomic E-state index is 11.6. The highest BCUT2D eigenvalue weighted by Gasteiger charge is 2.25. The third-order valence-corrected chi connectivity index (χ3v) is 2.65. The molecule has 1 atom stereocenters. The molecule has 0 saturated heterocycles. The molecule has 0 aliphatic heterocycles. The van der Waals surface area contributed by atoms with Crippen molar-refractivity contribution in [2.24, 2.45) is 0 Å². The highest BCUT2D eigenvalue weighted by atomic mass is 32.2. The summed E-state index contributed by atoms with van der Waals surface area (Å²) in [6.45, 7) is 6.53. The Kier molecular flexibility index (Phi) is 6.94. The van der Waals surface area contributed by atoms with Gasteiger partial charge in [-0.3, -0.25) is 0 Å². The summed E-state index contributed by atoms with van der Waals surface area (Å²) in [6, 6.07) is -1.24. The minimum Gasteiger partial charge on any atom is -0.748 e. The lowest BCUT2D eigenvalue weighted by atomic mass is 10.2. The summed E-state index contributed by atoms with van der Waals surface area (Å²) in [5, 5.41) is 2.19. The van der Waals surface area contributed by atoms with E-state index in [1.54, 1.807) is 27.7 Å². The number of hydrogen-bond donors (Lipinski definition) is 1. The number of alkyl carbamates (subject to hydrolysis) is 1. The van der Waals surface area contributed by atoms with Crippen LogP contribution in [0.5, 0.6) is 0 Å². The van der Waals surface area contributed by atoms with E-state index >= 15 is 0 Å². The zero-order valence-electron chi connectivity index (χ0n) is 12.0. The monoisotopic (exact) mass is 310 g/mol. The number of carbonyl (C=O) groups is 2. The number of carbonyl (C=O) groups excluding carboxylic acids is 2. The first kappa shape index (κ1) is 18.7. The van der Waals surface area contributed by atoms with Crippen molar-refractivity contribution < 1.29 is 32.0 Å². The summed E-state index contributed by atoms with van der Waals surface area (Å²) in [4.78, 5) is 23.1.